The van der Waals surface area contributed by atoms with Crippen LogP contribution in [-0.4, -0.2) is 73.7 Å². The molecule has 0 saturated carbocycles. The van der Waals surface area contributed by atoms with Crippen LogP contribution in [-0.2, 0) is 14.3 Å². The summed E-state index contributed by atoms with van der Waals surface area (Å²) in [5.41, 5.74) is -0.216. The van der Waals surface area contributed by atoms with Crippen molar-refractivity contribution in [2.75, 3.05) is 40.4 Å². The molecule has 0 radical (unpaired) electrons. The largest absolute Gasteiger partial charge is 0.375 e. The maximum atomic E-state index is 12.6. The second-order valence-electron chi connectivity index (χ2n) is 7.45. The van der Waals surface area contributed by atoms with Crippen LogP contribution in [0.4, 0.5) is 0 Å². The van der Waals surface area contributed by atoms with Crippen molar-refractivity contribution in [3.05, 3.63) is 21.9 Å². The fourth-order valence-electron chi connectivity index (χ4n) is 3.61. The van der Waals surface area contributed by atoms with Crippen LogP contribution in [0.5, 0.6) is 0 Å². The van der Waals surface area contributed by atoms with Crippen LogP contribution in [0.15, 0.2) is 12.1 Å². The predicted molar refractivity (Wildman–Crippen MR) is 101 cm³/mol. The van der Waals surface area contributed by atoms with Crippen LogP contribution in [0.25, 0.3) is 0 Å². The normalized spacial score (nSPS) is 22.4. The number of carbonyl (C=O) groups excluding carboxylic acids is 2. The van der Waals surface area contributed by atoms with Crippen LogP contribution in [0.3, 0.4) is 0 Å². The van der Waals surface area contributed by atoms with E-state index in [0.717, 1.165) is 35.4 Å². The summed E-state index contributed by atoms with van der Waals surface area (Å²) in [6.45, 7) is 4.21. The summed E-state index contributed by atoms with van der Waals surface area (Å²) >= 11 is 1.55. The van der Waals surface area contributed by atoms with Crippen LogP contribution < -0.4 is 0 Å². The molecule has 1 aromatic heterocycles. The highest BCUT2D eigenvalue weighted by Crippen LogP contribution is 2.36. The van der Waals surface area contributed by atoms with Crippen molar-refractivity contribution in [3.63, 3.8) is 0 Å². The van der Waals surface area contributed by atoms with Crippen molar-refractivity contribution in [1.82, 2.24) is 9.80 Å². The van der Waals surface area contributed by atoms with Crippen LogP contribution in [0, 0.1) is 6.92 Å². The highest BCUT2D eigenvalue weighted by atomic mass is 32.1. The molecule has 1 aromatic rings. The van der Waals surface area contributed by atoms with Crippen molar-refractivity contribution in [2.24, 2.45) is 0 Å². The summed E-state index contributed by atoms with van der Waals surface area (Å²) in [6.07, 6.45) is 3.32. The van der Waals surface area contributed by atoms with E-state index >= 15 is 0 Å². The van der Waals surface area contributed by atoms with Gasteiger partial charge in [0.05, 0.1) is 16.6 Å². The van der Waals surface area contributed by atoms with Crippen LogP contribution in [0.2, 0.25) is 0 Å². The predicted octanol–water partition coefficient (Wildman–Crippen LogP) is 2.32. The Morgan fingerprint density at radius 2 is 2.08 bits per heavy atom. The van der Waals surface area contributed by atoms with Gasteiger partial charge in [-0.05, 0) is 38.3 Å². The number of likely N-dealkylation sites (tertiary alicyclic amines) is 1. The molecule has 0 aromatic carbocycles. The minimum atomic E-state index is -0.216. The first-order valence-corrected chi connectivity index (χ1v) is 10.0. The van der Waals surface area contributed by atoms with Gasteiger partial charge in [0.15, 0.2) is 0 Å². The number of aryl methyl sites for hydroxylation is 1. The molecule has 0 N–H and O–H groups in total. The Labute approximate surface area is 159 Å². The zero-order chi connectivity index (χ0) is 18.7. The van der Waals surface area contributed by atoms with Crippen molar-refractivity contribution < 1.29 is 19.1 Å². The first kappa shape index (κ1) is 19.3. The molecule has 2 aliphatic heterocycles. The van der Waals surface area contributed by atoms with Gasteiger partial charge >= 0.3 is 0 Å². The average molecular weight is 381 g/mol. The van der Waals surface area contributed by atoms with E-state index in [2.05, 4.69) is 0 Å². The summed E-state index contributed by atoms with van der Waals surface area (Å²) < 4.78 is 11.9. The van der Waals surface area contributed by atoms with Gasteiger partial charge in [-0.2, -0.15) is 0 Å². The zero-order valence-electron chi connectivity index (χ0n) is 15.8. The number of ether oxygens (including phenoxy) is 2. The maximum absolute atomic E-state index is 12.6. The van der Waals surface area contributed by atoms with Gasteiger partial charge in [0, 0.05) is 45.1 Å². The van der Waals surface area contributed by atoms with E-state index in [9.17, 15) is 9.59 Å². The van der Waals surface area contributed by atoms with E-state index in [1.54, 1.807) is 30.3 Å². The molecule has 3 rings (SSSR count). The summed E-state index contributed by atoms with van der Waals surface area (Å²) in [6, 6.07) is 3.90. The maximum Gasteiger partial charge on any atom is 0.263 e. The van der Waals surface area contributed by atoms with Gasteiger partial charge in [0.1, 0.15) is 6.61 Å². The lowest BCUT2D eigenvalue weighted by Gasteiger charge is -2.46. The molecule has 3 heterocycles. The molecular weight excluding hydrogens is 352 g/mol. The number of piperidine rings is 1. The Kier molecular flexibility index (Phi) is 5.99. The molecule has 1 unspecified atom stereocenters. The molecule has 2 amide bonds. The lowest BCUT2D eigenvalue weighted by Crippen LogP contribution is -2.52. The van der Waals surface area contributed by atoms with E-state index in [1.807, 2.05) is 24.0 Å². The van der Waals surface area contributed by atoms with Crippen molar-refractivity contribution in [3.8, 4) is 0 Å². The van der Waals surface area contributed by atoms with Crippen LogP contribution in [0.1, 0.15) is 40.2 Å². The van der Waals surface area contributed by atoms with Crippen LogP contribution >= 0.6 is 11.3 Å². The standard InChI is InChI=1S/C19H28N2O4S/c1-14-4-5-16(26-14)18(23)21-9-7-19(8-10-21)12-15(6-11-25-19)24-13-17(22)20(2)3/h4-5,15H,6-13H2,1-3H3. The number of thiophene rings is 1. The molecule has 144 valence electrons. The molecule has 6 nitrogen and oxygen atoms in total. The Morgan fingerprint density at radius 3 is 2.69 bits per heavy atom. The smallest absolute Gasteiger partial charge is 0.263 e. The molecule has 2 fully saturated rings. The third kappa shape index (κ3) is 4.45. The highest BCUT2D eigenvalue weighted by Gasteiger charge is 2.41. The van der Waals surface area contributed by atoms with E-state index in [4.69, 9.17) is 9.47 Å². The fourth-order valence-corrected chi connectivity index (χ4v) is 4.45. The van der Waals surface area contributed by atoms with E-state index in [0.29, 0.717) is 19.7 Å². The highest BCUT2D eigenvalue weighted by molar-refractivity contribution is 7.13. The number of hydrogen-bond acceptors (Lipinski definition) is 5. The number of carbonyl (C=O) groups is 2. The van der Waals surface area contributed by atoms with Crippen molar-refractivity contribution >= 4 is 23.2 Å². The third-order valence-corrected chi connectivity index (χ3v) is 6.29. The molecule has 1 atom stereocenters. The van der Waals surface area contributed by atoms with Gasteiger partial charge in [0.25, 0.3) is 5.91 Å². The van der Waals surface area contributed by atoms with Gasteiger partial charge in [-0.1, -0.05) is 0 Å². The van der Waals surface area contributed by atoms with Gasteiger partial charge in [-0.25, -0.2) is 0 Å². The minimum Gasteiger partial charge on any atom is -0.375 e. The van der Waals surface area contributed by atoms with Gasteiger partial charge in [0.2, 0.25) is 5.91 Å². The third-order valence-electron chi connectivity index (χ3n) is 5.30. The summed E-state index contributed by atoms with van der Waals surface area (Å²) in [5.74, 6) is 0.107. The average Bonchev–Trinajstić information content (AvgIpc) is 3.06. The molecule has 26 heavy (non-hydrogen) atoms. The Morgan fingerprint density at radius 1 is 1.35 bits per heavy atom. The second-order valence-corrected chi connectivity index (χ2v) is 8.74. The monoisotopic (exact) mass is 380 g/mol. The number of nitrogens with zero attached hydrogens (tertiary/aromatic N) is 2. The van der Waals surface area contributed by atoms with Crippen molar-refractivity contribution in [2.45, 2.75) is 44.3 Å². The number of hydrogen-bond donors (Lipinski definition) is 0. The second kappa shape index (κ2) is 8.06. The minimum absolute atomic E-state index is 0.0165. The summed E-state index contributed by atoms with van der Waals surface area (Å²) in [7, 11) is 3.47. The molecule has 7 heteroatoms. The molecule has 1 spiro atoms. The van der Waals surface area contributed by atoms with Gasteiger partial charge < -0.3 is 19.3 Å². The number of amides is 2. The number of likely N-dealkylation sites (N-methyl/N-ethyl adjacent to an activating group) is 1. The van der Waals surface area contributed by atoms with E-state index in [1.165, 1.54) is 0 Å². The van der Waals surface area contributed by atoms with Crippen molar-refractivity contribution in [1.29, 1.82) is 0 Å². The summed E-state index contributed by atoms with van der Waals surface area (Å²) in [5, 5.41) is 0. The molecule has 0 bridgehead atoms. The Bertz CT molecular complexity index is 650. The van der Waals surface area contributed by atoms with E-state index in [-0.39, 0.29) is 30.1 Å². The zero-order valence-corrected chi connectivity index (χ0v) is 16.6. The first-order chi connectivity index (χ1) is 12.4. The van der Waals surface area contributed by atoms with Gasteiger partial charge in [-0.3, -0.25) is 9.59 Å². The molecule has 2 aliphatic rings. The summed E-state index contributed by atoms with van der Waals surface area (Å²) in [4.78, 5) is 29.8. The lowest BCUT2D eigenvalue weighted by molar-refractivity contribution is -0.160. The topological polar surface area (TPSA) is 59.1 Å². The molecular formula is C19H28N2O4S. The Balaban J connectivity index is 1.52. The first-order valence-electron chi connectivity index (χ1n) is 9.20. The molecule has 0 aliphatic carbocycles. The number of rotatable bonds is 4. The lowest BCUT2D eigenvalue weighted by atomic mass is 9.83. The van der Waals surface area contributed by atoms with E-state index < -0.39 is 0 Å². The molecule has 2 saturated heterocycles. The fraction of sp³-hybridized carbons (Fsp3) is 0.684. The SMILES string of the molecule is Cc1ccc(C(=O)N2CCC3(CC2)CC(OCC(=O)N(C)C)CCO3)s1. The van der Waals surface area contributed by atoms with Gasteiger partial charge in [-0.15, -0.1) is 11.3 Å². The quantitative estimate of drug-likeness (QED) is 0.804. The Hall–Kier alpha value is -1.44.